The standard InChI is InChI=1S/C10H19NO3/c1-3-9(10(12)13)11(2)6-8-4-5-14-7-8/h8-9H,3-7H2,1-2H3,(H,12,13). The van der Waals surface area contributed by atoms with Crippen molar-refractivity contribution in [3.8, 4) is 0 Å². The van der Waals surface area contributed by atoms with E-state index in [1.54, 1.807) is 0 Å². The first-order valence-corrected chi connectivity index (χ1v) is 5.16. The number of hydrogen-bond acceptors (Lipinski definition) is 3. The van der Waals surface area contributed by atoms with E-state index in [-0.39, 0.29) is 6.04 Å². The third-order valence-electron chi connectivity index (χ3n) is 2.77. The number of likely N-dealkylation sites (N-methyl/N-ethyl adjacent to an activating group) is 1. The molecule has 0 amide bonds. The van der Waals surface area contributed by atoms with Crippen molar-refractivity contribution in [1.82, 2.24) is 4.90 Å². The molecule has 14 heavy (non-hydrogen) atoms. The molecule has 0 bridgehead atoms. The van der Waals surface area contributed by atoms with Crippen LogP contribution in [0.5, 0.6) is 0 Å². The minimum absolute atomic E-state index is 0.351. The normalized spacial score (nSPS) is 24.1. The molecule has 1 heterocycles. The van der Waals surface area contributed by atoms with Crippen molar-refractivity contribution >= 4 is 5.97 Å². The van der Waals surface area contributed by atoms with Gasteiger partial charge in [0.2, 0.25) is 0 Å². The summed E-state index contributed by atoms with van der Waals surface area (Å²) in [6.45, 7) is 4.33. The Balaban J connectivity index is 2.37. The molecule has 0 radical (unpaired) electrons. The summed E-state index contributed by atoms with van der Waals surface area (Å²) in [5, 5.41) is 8.94. The van der Waals surface area contributed by atoms with Crippen LogP contribution in [0.2, 0.25) is 0 Å². The van der Waals surface area contributed by atoms with Gasteiger partial charge in [0.1, 0.15) is 6.04 Å². The first kappa shape index (κ1) is 11.5. The van der Waals surface area contributed by atoms with Crippen LogP contribution in [0.1, 0.15) is 19.8 Å². The van der Waals surface area contributed by atoms with Gasteiger partial charge in [-0.1, -0.05) is 6.92 Å². The number of hydrogen-bond donors (Lipinski definition) is 1. The quantitative estimate of drug-likeness (QED) is 0.715. The van der Waals surface area contributed by atoms with E-state index in [0.717, 1.165) is 26.2 Å². The largest absolute Gasteiger partial charge is 0.480 e. The fourth-order valence-corrected chi connectivity index (χ4v) is 1.94. The van der Waals surface area contributed by atoms with Crippen LogP contribution in [-0.4, -0.2) is 48.8 Å². The summed E-state index contributed by atoms with van der Waals surface area (Å²) >= 11 is 0. The molecule has 0 spiro atoms. The molecular formula is C10H19NO3. The fraction of sp³-hybridized carbons (Fsp3) is 0.900. The van der Waals surface area contributed by atoms with Crippen LogP contribution in [0.3, 0.4) is 0 Å². The minimum atomic E-state index is -0.728. The zero-order valence-electron chi connectivity index (χ0n) is 8.90. The predicted molar refractivity (Wildman–Crippen MR) is 53.3 cm³/mol. The van der Waals surface area contributed by atoms with Crippen LogP contribution in [-0.2, 0) is 9.53 Å². The summed E-state index contributed by atoms with van der Waals surface area (Å²) in [5.41, 5.74) is 0. The summed E-state index contributed by atoms with van der Waals surface area (Å²) in [5.74, 6) is -0.220. The molecule has 0 aromatic carbocycles. The highest BCUT2D eigenvalue weighted by Gasteiger charge is 2.24. The lowest BCUT2D eigenvalue weighted by Gasteiger charge is -2.25. The molecule has 0 saturated carbocycles. The van der Waals surface area contributed by atoms with E-state index in [1.165, 1.54) is 0 Å². The molecule has 0 aromatic heterocycles. The Morgan fingerprint density at radius 2 is 2.43 bits per heavy atom. The lowest BCUT2D eigenvalue weighted by atomic mass is 10.1. The number of ether oxygens (including phenoxy) is 1. The van der Waals surface area contributed by atoms with Gasteiger partial charge >= 0.3 is 5.97 Å². The topological polar surface area (TPSA) is 49.8 Å². The Labute approximate surface area is 84.8 Å². The molecule has 1 fully saturated rings. The Bertz CT molecular complexity index is 190. The summed E-state index contributed by atoms with van der Waals surface area (Å²) in [4.78, 5) is 12.8. The van der Waals surface area contributed by atoms with Gasteiger partial charge in [-0.25, -0.2) is 0 Å². The Morgan fingerprint density at radius 3 is 2.86 bits per heavy atom. The summed E-state index contributed by atoms with van der Waals surface area (Å²) < 4.78 is 5.26. The van der Waals surface area contributed by atoms with E-state index >= 15 is 0 Å². The zero-order valence-corrected chi connectivity index (χ0v) is 8.90. The molecule has 4 nitrogen and oxygen atoms in total. The number of carboxylic acids is 1. The van der Waals surface area contributed by atoms with Crippen molar-refractivity contribution < 1.29 is 14.6 Å². The molecule has 2 unspecified atom stereocenters. The maximum atomic E-state index is 10.9. The van der Waals surface area contributed by atoms with E-state index in [1.807, 2.05) is 18.9 Å². The van der Waals surface area contributed by atoms with Gasteiger partial charge in [-0.2, -0.15) is 0 Å². The third kappa shape index (κ3) is 2.96. The average Bonchev–Trinajstić information content (AvgIpc) is 2.57. The van der Waals surface area contributed by atoms with Gasteiger partial charge in [0.15, 0.2) is 0 Å². The smallest absolute Gasteiger partial charge is 0.320 e. The minimum Gasteiger partial charge on any atom is -0.480 e. The molecule has 0 aromatic rings. The summed E-state index contributed by atoms with van der Waals surface area (Å²) in [6, 6.07) is -0.351. The van der Waals surface area contributed by atoms with Crippen LogP contribution < -0.4 is 0 Å². The Kier molecular flexibility index (Phi) is 4.35. The predicted octanol–water partition coefficient (Wildman–Crippen LogP) is 0.818. The average molecular weight is 201 g/mol. The van der Waals surface area contributed by atoms with Gasteiger partial charge in [0, 0.05) is 13.2 Å². The van der Waals surface area contributed by atoms with E-state index in [0.29, 0.717) is 12.3 Å². The van der Waals surface area contributed by atoms with Gasteiger partial charge < -0.3 is 9.84 Å². The summed E-state index contributed by atoms with van der Waals surface area (Å²) in [6.07, 6.45) is 1.71. The van der Waals surface area contributed by atoms with Crippen molar-refractivity contribution in [3.05, 3.63) is 0 Å². The first-order chi connectivity index (χ1) is 6.65. The maximum Gasteiger partial charge on any atom is 0.320 e. The number of carbonyl (C=O) groups is 1. The molecule has 1 saturated heterocycles. The molecule has 1 N–H and O–H groups in total. The number of nitrogens with zero attached hydrogens (tertiary/aromatic N) is 1. The molecule has 1 rings (SSSR count). The van der Waals surface area contributed by atoms with Crippen LogP contribution >= 0.6 is 0 Å². The van der Waals surface area contributed by atoms with E-state index < -0.39 is 5.97 Å². The van der Waals surface area contributed by atoms with E-state index in [2.05, 4.69) is 0 Å². The van der Waals surface area contributed by atoms with Crippen molar-refractivity contribution in [3.63, 3.8) is 0 Å². The zero-order chi connectivity index (χ0) is 10.6. The van der Waals surface area contributed by atoms with Gasteiger partial charge in [-0.3, -0.25) is 9.69 Å². The lowest BCUT2D eigenvalue weighted by Crippen LogP contribution is -2.40. The second-order valence-corrected chi connectivity index (χ2v) is 3.93. The Morgan fingerprint density at radius 1 is 1.71 bits per heavy atom. The van der Waals surface area contributed by atoms with Gasteiger partial charge in [0.05, 0.1) is 6.61 Å². The van der Waals surface area contributed by atoms with Crippen LogP contribution in [0.15, 0.2) is 0 Å². The fourth-order valence-electron chi connectivity index (χ4n) is 1.94. The molecule has 1 aliphatic rings. The van der Waals surface area contributed by atoms with Crippen LogP contribution in [0, 0.1) is 5.92 Å². The van der Waals surface area contributed by atoms with E-state index in [4.69, 9.17) is 9.84 Å². The number of aliphatic carboxylic acids is 1. The van der Waals surface area contributed by atoms with Gasteiger partial charge in [-0.05, 0) is 25.8 Å². The highest BCUT2D eigenvalue weighted by molar-refractivity contribution is 5.73. The number of carboxylic acid groups (broad SMARTS) is 1. The van der Waals surface area contributed by atoms with Crippen molar-refractivity contribution in [2.24, 2.45) is 5.92 Å². The van der Waals surface area contributed by atoms with Gasteiger partial charge in [0.25, 0.3) is 0 Å². The monoisotopic (exact) mass is 201 g/mol. The van der Waals surface area contributed by atoms with Crippen LogP contribution in [0.25, 0.3) is 0 Å². The van der Waals surface area contributed by atoms with E-state index in [9.17, 15) is 4.79 Å². The SMILES string of the molecule is CCC(C(=O)O)N(C)CC1CCOC1. The highest BCUT2D eigenvalue weighted by Crippen LogP contribution is 2.15. The van der Waals surface area contributed by atoms with Crippen molar-refractivity contribution in [1.29, 1.82) is 0 Å². The molecule has 4 heteroatoms. The third-order valence-corrected chi connectivity index (χ3v) is 2.77. The van der Waals surface area contributed by atoms with Crippen molar-refractivity contribution in [2.45, 2.75) is 25.8 Å². The molecule has 2 atom stereocenters. The molecule has 0 aliphatic carbocycles. The second-order valence-electron chi connectivity index (χ2n) is 3.93. The number of rotatable bonds is 5. The van der Waals surface area contributed by atoms with Gasteiger partial charge in [-0.15, -0.1) is 0 Å². The first-order valence-electron chi connectivity index (χ1n) is 5.16. The Hall–Kier alpha value is -0.610. The highest BCUT2D eigenvalue weighted by atomic mass is 16.5. The molecular weight excluding hydrogens is 182 g/mol. The maximum absolute atomic E-state index is 10.9. The molecule has 82 valence electrons. The summed E-state index contributed by atoms with van der Waals surface area (Å²) in [7, 11) is 1.88. The molecule has 1 aliphatic heterocycles. The lowest BCUT2D eigenvalue weighted by molar-refractivity contribution is -0.143. The van der Waals surface area contributed by atoms with Crippen molar-refractivity contribution in [2.75, 3.05) is 26.8 Å². The van der Waals surface area contributed by atoms with Crippen LogP contribution in [0.4, 0.5) is 0 Å². The second kappa shape index (κ2) is 5.32.